The van der Waals surface area contributed by atoms with Gasteiger partial charge in [-0.05, 0) is 30.9 Å². The molecule has 0 bridgehead atoms. The fourth-order valence-electron chi connectivity index (χ4n) is 2.44. The summed E-state index contributed by atoms with van der Waals surface area (Å²) in [7, 11) is 0. The Bertz CT molecular complexity index is 580. The third kappa shape index (κ3) is 3.69. The standard InChI is InChI=1S/C14H14ClF2NO3/c15-10-6-11(16)9(5-12(10)17)14(21)18-4-3-8(7-18)1-2-13(19)20/h5-6,8H,1-4,7H2,(H,19,20). The molecule has 0 aliphatic carbocycles. The van der Waals surface area contributed by atoms with E-state index in [4.69, 9.17) is 16.7 Å². The maximum absolute atomic E-state index is 13.7. The SMILES string of the molecule is O=C(O)CCC1CCN(C(=O)c2cc(F)c(Cl)cc2F)C1. The Kier molecular flexibility index (Phi) is 4.77. The number of amides is 1. The van der Waals surface area contributed by atoms with Crippen LogP contribution < -0.4 is 0 Å². The highest BCUT2D eigenvalue weighted by Crippen LogP contribution is 2.25. The molecular formula is C14H14ClF2NO3. The number of likely N-dealkylation sites (tertiary alicyclic amines) is 1. The van der Waals surface area contributed by atoms with E-state index in [1.807, 2.05) is 0 Å². The highest BCUT2D eigenvalue weighted by atomic mass is 35.5. The summed E-state index contributed by atoms with van der Waals surface area (Å²) in [5.41, 5.74) is -0.351. The number of rotatable bonds is 4. The minimum Gasteiger partial charge on any atom is -0.481 e. The lowest BCUT2D eigenvalue weighted by atomic mass is 10.0. The summed E-state index contributed by atoms with van der Waals surface area (Å²) in [5, 5.41) is 8.26. The second kappa shape index (κ2) is 6.39. The van der Waals surface area contributed by atoms with Crippen molar-refractivity contribution in [2.45, 2.75) is 19.3 Å². The monoisotopic (exact) mass is 317 g/mol. The summed E-state index contributed by atoms with van der Waals surface area (Å²) < 4.78 is 27.1. The van der Waals surface area contributed by atoms with Crippen LogP contribution in [0.5, 0.6) is 0 Å². The van der Waals surface area contributed by atoms with E-state index in [9.17, 15) is 18.4 Å². The number of hydrogen-bond donors (Lipinski definition) is 1. The molecule has 1 aliphatic rings. The van der Waals surface area contributed by atoms with Crippen molar-refractivity contribution in [1.82, 2.24) is 4.90 Å². The second-order valence-electron chi connectivity index (χ2n) is 5.08. The Morgan fingerprint density at radius 2 is 2.05 bits per heavy atom. The first-order chi connectivity index (χ1) is 9.88. The van der Waals surface area contributed by atoms with Crippen molar-refractivity contribution in [2.24, 2.45) is 5.92 Å². The predicted octanol–water partition coefficient (Wildman–Crippen LogP) is 2.95. The van der Waals surface area contributed by atoms with Gasteiger partial charge >= 0.3 is 5.97 Å². The van der Waals surface area contributed by atoms with Gasteiger partial charge in [0.05, 0.1) is 10.6 Å². The van der Waals surface area contributed by atoms with Gasteiger partial charge in [-0.15, -0.1) is 0 Å². The Labute approximate surface area is 125 Å². The minimum atomic E-state index is -0.884. The average Bonchev–Trinajstić information content (AvgIpc) is 2.88. The smallest absolute Gasteiger partial charge is 0.303 e. The molecule has 4 nitrogen and oxygen atoms in total. The lowest BCUT2D eigenvalue weighted by Gasteiger charge is -2.17. The molecule has 1 fully saturated rings. The fraction of sp³-hybridized carbons (Fsp3) is 0.429. The van der Waals surface area contributed by atoms with Crippen LogP contribution in [0.1, 0.15) is 29.6 Å². The summed E-state index contributed by atoms with van der Waals surface area (Å²) in [4.78, 5) is 24.1. The van der Waals surface area contributed by atoms with Gasteiger partial charge in [0.2, 0.25) is 0 Å². The van der Waals surface area contributed by atoms with E-state index >= 15 is 0 Å². The molecule has 1 heterocycles. The lowest BCUT2D eigenvalue weighted by molar-refractivity contribution is -0.137. The van der Waals surface area contributed by atoms with Crippen LogP contribution in [0, 0.1) is 17.6 Å². The van der Waals surface area contributed by atoms with Crippen molar-refractivity contribution in [2.75, 3.05) is 13.1 Å². The van der Waals surface area contributed by atoms with Crippen LogP contribution in [0.15, 0.2) is 12.1 Å². The van der Waals surface area contributed by atoms with Crippen molar-refractivity contribution in [3.05, 3.63) is 34.4 Å². The minimum absolute atomic E-state index is 0.0383. The van der Waals surface area contributed by atoms with Crippen molar-refractivity contribution in [1.29, 1.82) is 0 Å². The number of hydrogen-bond acceptors (Lipinski definition) is 2. The molecule has 1 aromatic carbocycles. The van der Waals surface area contributed by atoms with Crippen LogP contribution in [0.25, 0.3) is 0 Å². The molecule has 0 aromatic heterocycles. The highest BCUT2D eigenvalue weighted by Gasteiger charge is 2.29. The van der Waals surface area contributed by atoms with E-state index in [1.54, 1.807) is 0 Å². The van der Waals surface area contributed by atoms with Gasteiger partial charge in [0.15, 0.2) is 0 Å². The first-order valence-corrected chi connectivity index (χ1v) is 6.92. The molecule has 1 N–H and O–H groups in total. The maximum Gasteiger partial charge on any atom is 0.303 e. The zero-order valence-electron chi connectivity index (χ0n) is 11.1. The molecule has 7 heteroatoms. The summed E-state index contributed by atoms with van der Waals surface area (Å²) in [6, 6.07) is 1.58. The van der Waals surface area contributed by atoms with Gasteiger partial charge in [0.1, 0.15) is 11.6 Å². The molecule has 2 rings (SSSR count). The van der Waals surface area contributed by atoms with E-state index in [0.717, 1.165) is 12.1 Å². The van der Waals surface area contributed by atoms with E-state index in [2.05, 4.69) is 0 Å². The van der Waals surface area contributed by atoms with Gasteiger partial charge < -0.3 is 10.0 Å². The van der Waals surface area contributed by atoms with E-state index < -0.39 is 23.5 Å². The average molecular weight is 318 g/mol. The number of carboxylic acid groups (broad SMARTS) is 1. The summed E-state index contributed by atoms with van der Waals surface area (Å²) in [6.45, 7) is 0.766. The molecule has 1 aromatic rings. The zero-order chi connectivity index (χ0) is 15.6. The van der Waals surface area contributed by atoms with Gasteiger partial charge in [0.25, 0.3) is 5.91 Å². The molecule has 1 unspecified atom stereocenters. The molecule has 0 spiro atoms. The summed E-state index contributed by atoms with van der Waals surface area (Å²) >= 11 is 5.45. The van der Waals surface area contributed by atoms with Crippen LogP contribution in [0.3, 0.4) is 0 Å². The van der Waals surface area contributed by atoms with Crippen molar-refractivity contribution >= 4 is 23.5 Å². The number of aliphatic carboxylic acids is 1. The largest absolute Gasteiger partial charge is 0.481 e. The molecule has 21 heavy (non-hydrogen) atoms. The Hall–Kier alpha value is -1.69. The van der Waals surface area contributed by atoms with E-state index in [0.29, 0.717) is 25.9 Å². The Morgan fingerprint density at radius 3 is 2.71 bits per heavy atom. The fourth-order valence-corrected chi connectivity index (χ4v) is 2.59. The summed E-state index contributed by atoms with van der Waals surface area (Å²) in [5.74, 6) is -3.11. The Morgan fingerprint density at radius 1 is 1.33 bits per heavy atom. The second-order valence-corrected chi connectivity index (χ2v) is 5.49. The van der Waals surface area contributed by atoms with Crippen LogP contribution in [0.2, 0.25) is 5.02 Å². The first kappa shape index (κ1) is 15.7. The van der Waals surface area contributed by atoms with E-state index in [1.165, 1.54) is 4.90 Å². The number of nitrogens with zero attached hydrogens (tertiary/aromatic N) is 1. The van der Waals surface area contributed by atoms with Crippen molar-refractivity contribution in [3.63, 3.8) is 0 Å². The van der Waals surface area contributed by atoms with Crippen LogP contribution in [0.4, 0.5) is 8.78 Å². The number of carbonyl (C=O) groups excluding carboxylic acids is 1. The molecule has 1 saturated heterocycles. The van der Waals surface area contributed by atoms with Gasteiger partial charge in [-0.25, -0.2) is 8.78 Å². The zero-order valence-corrected chi connectivity index (χ0v) is 11.9. The maximum atomic E-state index is 13.7. The van der Waals surface area contributed by atoms with Gasteiger partial charge in [-0.2, -0.15) is 0 Å². The summed E-state index contributed by atoms with van der Waals surface area (Å²) in [6.07, 6.45) is 1.17. The van der Waals surface area contributed by atoms with Gasteiger partial charge in [-0.1, -0.05) is 11.6 Å². The quantitative estimate of drug-likeness (QED) is 0.869. The number of carboxylic acids is 1. The molecule has 114 valence electrons. The topological polar surface area (TPSA) is 57.6 Å². The van der Waals surface area contributed by atoms with Crippen molar-refractivity contribution < 1.29 is 23.5 Å². The predicted molar refractivity (Wildman–Crippen MR) is 72.2 cm³/mol. The normalized spacial score (nSPS) is 18.0. The third-order valence-corrected chi connectivity index (χ3v) is 3.87. The van der Waals surface area contributed by atoms with Gasteiger partial charge in [-0.3, -0.25) is 9.59 Å². The molecule has 1 aliphatic heterocycles. The molecule has 0 saturated carbocycles. The number of benzene rings is 1. The number of halogens is 3. The van der Waals surface area contributed by atoms with Crippen LogP contribution in [-0.2, 0) is 4.79 Å². The molecule has 1 atom stereocenters. The third-order valence-electron chi connectivity index (χ3n) is 3.58. The molecular weight excluding hydrogens is 304 g/mol. The lowest BCUT2D eigenvalue weighted by Crippen LogP contribution is -2.29. The van der Waals surface area contributed by atoms with Gasteiger partial charge in [0, 0.05) is 19.5 Å². The first-order valence-electron chi connectivity index (χ1n) is 6.54. The van der Waals surface area contributed by atoms with Crippen LogP contribution >= 0.6 is 11.6 Å². The Balaban J connectivity index is 2.05. The number of carbonyl (C=O) groups is 2. The molecule has 1 amide bonds. The van der Waals surface area contributed by atoms with Crippen LogP contribution in [-0.4, -0.2) is 35.0 Å². The van der Waals surface area contributed by atoms with Crippen molar-refractivity contribution in [3.8, 4) is 0 Å². The molecule has 0 radical (unpaired) electrons. The highest BCUT2D eigenvalue weighted by molar-refractivity contribution is 6.30. The van der Waals surface area contributed by atoms with E-state index in [-0.39, 0.29) is 22.9 Å².